The highest BCUT2D eigenvalue weighted by atomic mass is 19.2. The Kier molecular flexibility index (Phi) is 5.27. The first-order valence-electron chi connectivity index (χ1n) is 7.48. The van der Waals surface area contributed by atoms with E-state index in [9.17, 15) is 13.6 Å². The molecule has 4 heteroatoms. The second kappa shape index (κ2) is 7.18. The highest BCUT2D eigenvalue weighted by molar-refractivity contribution is 6.00. The van der Waals surface area contributed by atoms with Crippen LogP contribution in [0.3, 0.4) is 0 Å². The molecule has 0 saturated carbocycles. The molecule has 0 atom stereocenters. The molecule has 0 fully saturated rings. The molecule has 1 aliphatic rings. The molecule has 2 rings (SSSR count). The molecule has 1 aromatic carbocycles. The summed E-state index contributed by atoms with van der Waals surface area (Å²) in [7, 11) is 0. The SMILES string of the molecule is C=CC=C(C(=C)CC)C(=O)NC1=C(c2cccc(F)c2F)CC1. The van der Waals surface area contributed by atoms with Crippen LogP contribution in [-0.4, -0.2) is 5.91 Å². The van der Waals surface area contributed by atoms with Crippen LogP contribution in [0, 0.1) is 11.6 Å². The second-order valence-corrected chi connectivity index (χ2v) is 5.29. The number of carbonyl (C=O) groups excluding carboxylic acids is 1. The first kappa shape index (κ1) is 16.9. The summed E-state index contributed by atoms with van der Waals surface area (Å²) in [6.07, 6.45) is 4.99. The molecule has 0 bridgehead atoms. The van der Waals surface area contributed by atoms with Crippen LogP contribution in [0.25, 0.3) is 5.57 Å². The topological polar surface area (TPSA) is 29.1 Å². The molecule has 0 aromatic heterocycles. The third kappa shape index (κ3) is 3.47. The maximum absolute atomic E-state index is 13.9. The van der Waals surface area contributed by atoms with E-state index in [1.54, 1.807) is 6.08 Å². The van der Waals surface area contributed by atoms with E-state index in [2.05, 4.69) is 18.5 Å². The summed E-state index contributed by atoms with van der Waals surface area (Å²) in [6.45, 7) is 9.37. The lowest BCUT2D eigenvalue weighted by molar-refractivity contribution is -0.116. The molecule has 120 valence electrons. The third-order valence-electron chi connectivity index (χ3n) is 3.87. The zero-order valence-electron chi connectivity index (χ0n) is 13.1. The van der Waals surface area contributed by atoms with Gasteiger partial charge in [0.1, 0.15) is 0 Å². The van der Waals surface area contributed by atoms with Crippen molar-refractivity contribution in [3.8, 4) is 0 Å². The fourth-order valence-corrected chi connectivity index (χ4v) is 2.41. The van der Waals surface area contributed by atoms with Crippen LogP contribution in [0.5, 0.6) is 0 Å². The lowest BCUT2D eigenvalue weighted by Crippen LogP contribution is -2.29. The summed E-state index contributed by atoms with van der Waals surface area (Å²) in [5.74, 6) is -2.08. The van der Waals surface area contributed by atoms with Gasteiger partial charge in [-0.25, -0.2) is 8.78 Å². The molecule has 2 nitrogen and oxygen atoms in total. The molecule has 0 heterocycles. The van der Waals surface area contributed by atoms with Gasteiger partial charge in [-0.15, -0.1) is 0 Å². The van der Waals surface area contributed by atoms with Gasteiger partial charge in [0.2, 0.25) is 0 Å². The van der Waals surface area contributed by atoms with Crippen molar-refractivity contribution in [1.82, 2.24) is 5.32 Å². The molecule has 1 amide bonds. The number of rotatable bonds is 6. The van der Waals surface area contributed by atoms with Crippen molar-refractivity contribution in [2.45, 2.75) is 26.2 Å². The van der Waals surface area contributed by atoms with Crippen molar-refractivity contribution >= 4 is 11.5 Å². The number of hydrogen-bond donors (Lipinski definition) is 1. The minimum atomic E-state index is -0.890. The van der Waals surface area contributed by atoms with Gasteiger partial charge < -0.3 is 5.32 Å². The Morgan fingerprint density at radius 2 is 2.09 bits per heavy atom. The predicted octanol–water partition coefficient (Wildman–Crippen LogP) is 4.66. The van der Waals surface area contributed by atoms with Crippen LogP contribution in [0.4, 0.5) is 8.78 Å². The van der Waals surface area contributed by atoms with Gasteiger partial charge in [0.25, 0.3) is 5.91 Å². The van der Waals surface area contributed by atoms with E-state index in [4.69, 9.17) is 0 Å². The van der Waals surface area contributed by atoms with Gasteiger partial charge in [0.05, 0.1) is 0 Å². The Balaban J connectivity index is 2.27. The van der Waals surface area contributed by atoms with Crippen molar-refractivity contribution < 1.29 is 13.6 Å². The Morgan fingerprint density at radius 1 is 1.35 bits per heavy atom. The normalized spacial score (nSPS) is 14.3. The standard InChI is InChI=1S/C19H19F2NO/c1-4-7-13(12(3)5-2)19(23)22-17-11-10-14(17)15-8-6-9-16(20)18(15)21/h4,6-9H,1,3,5,10-11H2,2H3,(H,22,23). The van der Waals surface area contributed by atoms with Gasteiger partial charge >= 0.3 is 0 Å². The monoisotopic (exact) mass is 315 g/mol. The Labute approximate surface area is 134 Å². The smallest absolute Gasteiger partial charge is 0.255 e. The number of nitrogens with one attached hydrogen (secondary N) is 1. The van der Waals surface area contributed by atoms with Crippen molar-refractivity contribution in [3.63, 3.8) is 0 Å². The minimum Gasteiger partial charge on any atom is -0.325 e. The van der Waals surface area contributed by atoms with Crippen molar-refractivity contribution in [3.05, 3.63) is 77.6 Å². The summed E-state index contributed by atoms with van der Waals surface area (Å²) in [4.78, 5) is 12.4. The molecule has 23 heavy (non-hydrogen) atoms. The van der Waals surface area contributed by atoms with Gasteiger partial charge in [-0.3, -0.25) is 4.79 Å². The summed E-state index contributed by atoms with van der Waals surface area (Å²) in [5, 5.41) is 2.79. The quantitative estimate of drug-likeness (QED) is 0.600. The molecule has 1 aromatic rings. The van der Waals surface area contributed by atoms with E-state index in [-0.39, 0.29) is 11.5 Å². The number of benzene rings is 1. The van der Waals surface area contributed by atoms with E-state index < -0.39 is 11.6 Å². The van der Waals surface area contributed by atoms with Crippen LogP contribution in [-0.2, 0) is 4.79 Å². The van der Waals surface area contributed by atoms with Crippen molar-refractivity contribution in [2.24, 2.45) is 0 Å². The second-order valence-electron chi connectivity index (χ2n) is 5.29. The van der Waals surface area contributed by atoms with Gasteiger partial charge in [-0.05, 0) is 42.6 Å². The van der Waals surface area contributed by atoms with Gasteiger partial charge in [0, 0.05) is 16.8 Å². The number of hydrogen-bond acceptors (Lipinski definition) is 1. The summed E-state index contributed by atoms with van der Waals surface area (Å²) in [6, 6.07) is 4.05. The largest absolute Gasteiger partial charge is 0.325 e. The molecule has 1 N–H and O–H groups in total. The fourth-order valence-electron chi connectivity index (χ4n) is 2.41. The molecule has 0 saturated heterocycles. The molecule has 1 aliphatic carbocycles. The Bertz CT molecular complexity index is 729. The van der Waals surface area contributed by atoms with Crippen LogP contribution in [0.2, 0.25) is 0 Å². The molecular weight excluding hydrogens is 296 g/mol. The first-order valence-corrected chi connectivity index (χ1v) is 7.48. The zero-order valence-corrected chi connectivity index (χ0v) is 13.1. The number of amides is 1. The van der Waals surface area contributed by atoms with Crippen molar-refractivity contribution in [2.75, 3.05) is 0 Å². The van der Waals surface area contributed by atoms with E-state index in [0.29, 0.717) is 41.7 Å². The lowest BCUT2D eigenvalue weighted by Gasteiger charge is -2.25. The first-order chi connectivity index (χ1) is 11.0. The highest BCUT2D eigenvalue weighted by Gasteiger charge is 2.25. The lowest BCUT2D eigenvalue weighted by atomic mass is 9.87. The minimum absolute atomic E-state index is 0.204. The number of allylic oxidation sites excluding steroid dienone is 4. The molecular formula is C19H19F2NO. The zero-order chi connectivity index (χ0) is 17.0. The predicted molar refractivity (Wildman–Crippen MR) is 88.4 cm³/mol. The fraction of sp³-hybridized carbons (Fsp3) is 0.211. The van der Waals surface area contributed by atoms with Crippen molar-refractivity contribution in [1.29, 1.82) is 0 Å². The number of halogens is 2. The maximum Gasteiger partial charge on any atom is 0.255 e. The average molecular weight is 315 g/mol. The van der Waals surface area contributed by atoms with Gasteiger partial charge in [0.15, 0.2) is 11.6 Å². The Hall–Kier alpha value is -2.49. The van der Waals surface area contributed by atoms with E-state index in [0.717, 1.165) is 6.07 Å². The average Bonchev–Trinajstić information content (AvgIpc) is 2.52. The van der Waals surface area contributed by atoms with Crippen LogP contribution < -0.4 is 5.32 Å². The number of carbonyl (C=O) groups is 1. The van der Waals surface area contributed by atoms with Crippen LogP contribution in [0.1, 0.15) is 31.7 Å². The third-order valence-corrected chi connectivity index (χ3v) is 3.87. The van der Waals surface area contributed by atoms with Crippen LogP contribution in [0.15, 0.2) is 60.4 Å². The van der Waals surface area contributed by atoms with E-state index in [1.807, 2.05) is 6.92 Å². The summed E-state index contributed by atoms with van der Waals surface area (Å²) in [5.41, 5.74) is 2.60. The van der Waals surface area contributed by atoms with E-state index in [1.165, 1.54) is 18.2 Å². The van der Waals surface area contributed by atoms with Gasteiger partial charge in [-0.2, -0.15) is 0 Å². The maximum atomic E-state index is 13.9. The summed E-state index contributed by atoms with van der Waals surface area (Å²) < 4.78 is 27.2. The molecule has 0 radical (unpaired) electrons. The molecule has 0 spiro atoms. The van der Waals surface area contributed by atoms with E-state index >= 15 is 0 Å². The highest BCUT2D eigenvalue weighted by Crippen LogP contribution is 2.36. The molecule has 0 unspecified atom stereocenters. The van der Waals surface area contributed by atoms with Gasteiger partial charge in [-0.1, -0.05) is 38.3 Å². The van der Waals surface area contributed by atoms with Crippen LogP contribution >= 0.6 is 0 Å². The summed E-state index contributed by atoms with van der Waals surface area (Å²) >= 11 is 0. The Morgan fingerprint density at radius 3 is 2.65 bits per heavy atom. The molecule has 0 aliphatic heterocycles.